The van der Waals surface area contributed by atoms with E-state index in [1.54, 1.807) is 0 Å². The molecule has 0 saturated heterocycles. The maximum absolute atomic E-state index is 6.22. The summed E-state index contributed by atoms with van der Waals surface area (Å²) in [7, 11) is 0. The number of hydrogen-bond acceptors (Lipinski definition) is 3. The van der Waals surface area contributed by atoms with Gasteiger partial charge in [-0.15, -0.1) is 10.2 Å². The largest absolute Gasteiger partial charge is 0.416 e. The molecule has 0 aliphatic carbocycles. The Labute approximate surface area is 335 Å². The summed E-state index contributed by atoms with van der Waals surface area (Å²) in [5, 5.41) is 13.8. The van der Waals surface area contributed by atoms with Crippen molar-refractivity contribution in [2.24, 2.45) is 0 Å². The summed E-state index contributed by atoms with van der Waals surface area (Å²) in [6.45, 7) is 0. The van der Waals surface area contributed by atoms with E-state index < -0.39 is 0 Å². The van der Waals surface area contributed by atoms with Gasteiger partial charge in [-0.1, -0.05) is 152 Å². The highest BCUT2D eigenvalue weighted by molar-refractivity contribution is 6.11. The van der Waals surface area contributed by atoms with E-state index in [-0.39, 0.29) is 0 Å². The first-order chi connectivity index (χ1) is 28.7. The Morgan fingerprint density at radius 2 is 0.810 bits per heavy atom. The van der Waals surface area contributed by atoms with Gasteiger partial charge >= 0.3 is 0 Å². The minimum atomic E-state index is 0.489. The molecule has 0 saturated carbocycles. The fourth-order valence-corrected chi connectivity index (χ4v) is 8.36. The number of hydrogen-bond donors (Lipinski definition) is 0. The Morgan fingerprint density at radius 3 is 1.52 bits per heavy atom. The molecule has 0 aliphatic rings. The highest BCUT2D eigenvalue weighted by Crippen LogP contribution is 2.41. The molecule has 11 rings (SSSR count). The van der Waals surface area contributed by atoms with E-state index in [9.17, 15) is 0 Å². The van der Waals surface area contributed by atoms with Crippen LogP contribution in [0.25, 0.3) is 106 Å². The van der Waals surface area contributed by atoms with Gasteiger partial charge < -0.3 is 8.98 Å². The van der Waals surface area contributed by atoms with Gasteiger partial charge in [-0.05, 0) is 116 Å². The molecule has 0 atom stereocenters. The number of aromatic nitrogens is 3. The highest BCUT2D eigenvalue weighted by Gasteiger charge is 2.17. The first-order valence-corrected chi connectivity index (χ1v) is 19.6. The van der Waals surface area contributed by atoms with Gasteiger partial charge in [-0.2, -0.15) is 0 Å². The SMILES string of the molecule is c1ccc(-n2c3ccccc3c3cc(-c4ccccc4-c4ccccc4-c4ccc(-c5nnc(-c6ccc(-c7ccc8ccccc8c7)cc6)o5)cc4)ccc32)cc1. The summed E-state index contributed by atoms with van der Waals surface area (Å²) in [4.78, 5) is 0. The summed E-state index contributed by atoms with van der Waals surface area (Å²) in [5.41, 5.74) is 14.6. The molecule has 4 heteroatoms. The molecule has 2 aromatic heterocycles. The molecule has 0 N–H and O–H groups in total. The molecule has 58 heavy (non-hydrogen) atoms. The van der Waals surface area contributed by atoms with E-state index in [0.717, 1.165) is 33.5 Å². The Hall–Kier alpha value is -7.82. The topological polar surface area (TPSA) is 43.9 Å². The predicted molar refractivity (Wildman–Crippen MR) is 239 cm³/mol. The average molecular weight is 742 g/mol. The molecule has 0 amide bonds. The average Bonchev–Trinajstić information content (AvgIpc) is 3.93. The van der Waals surface area contributed by atoms with Crippen LogP contribution in [0.4, 0.5) is 0 Å². The van der Waals surface area contributed by atoms with Crippen molar-refractivity contribution < 1.29 is 4.42 Å². The van der Waals surface area contributed by atoms with Crippen molar-refractivity contribution in [3.63, 3.8) is 0 Å². The number of nitrogens with zero attached hydrogens (tertiary/aromatic N) is 3. The Balaban J connectivity index is 0.895. The van der Waals surface area contributed by atoms with E-state index in [4.69, 9.17) is 4.42 Å². The quantitative estimate of drug-likeness (QED) is 0.163. The van der Waals surface area contributed by atoms with E-state index >= 15 is 0 Å². The molecular formula is C54H35N3O. The van der Waals surface area contributed by atoms with Gasteiger partial charge in [0.05, 0.1) is 11.0 Å². The summed E-state index contributed by atoms with van der Waals surface area (Å²) >= 11 is 0. The molecule has 0 aliphatic heterocycles. The van der Waals surface area contributed by atoms with Crippen LogP contribution in [0.15, 0.2) is 217 Å². The normalized spacial score (nSPS) is 11.4. The zero-order chi connectivity index (χ0) is 38.4. The first kappa shape index (κ1) is 33.5. The second-order valence-corrected chi connectivity index (χ2v) is 14.6. The lowest BCUT2D eigenvalue weighted by Gasteiger charge is -2.15. The summed E-state index contributed by atoms with van der Waals surface area (Å²) < 4.78 is 8.58. The van der Waals surface area contributed by atoms with E-state index in [1.165, 1.54) is 60.4 Å². The fourth-order valence-electron chi connectivity index (χ4n) is 8.36. The highest BCUT2D eigenvalue weighted by atomic mass is 16.4. The van der Waals surface area contributed by atoms with Crippen LogP contribution in [0.5, 0.6) is 0 Å². The van der Waals surface area contributed by atoms with Crippen molar-refractivity contribution in [3.8, 4) is 73.1 Å². The minimum Gasteiger partial charge on any atom is -0.416 e. The molecular weight excluding hydrogens is 707 g/mol. The van der Waals surface area contributed by atoms with Crippen molar-refractivity contribution in [1.29, 1.82) is 0 Å². The van der Waals surface area contributed by atoms with Crippen LogP contribution in [-0.2, 0) is 0 Å². The zero-order valence-electron chi connectivity index (χ0n) is 31.5. The summed E-state index contributed by atoms with van der Waals surface area (Å²) in [6, 6.07) is 75.2. The Morgan fingerprint density at radius 1 is 0.310 bits per heavy atom. The fraction of sp³-hybridized carbons (Fsp3) is 0. The van der Waals surface area contributed by atoms with Gasteiger partial charge in [0.1, 0.15) is 0 Å². The van der Waals surface area contributed by atoms with E-state index in [0.29, 0.717) is 11.8 Å². The van der Waals surface area contributed by atoms with Crippen LogP contribution in [0.2, 0.25) is 0 Å². The van der Waals surface area contributed by atoms with Crippen molar-refractivity contribution >= 4 is 32.6 Å². The molecule has 9 aromatic carbocycles. The number of benzene rings is 9. The molecule has 272 valence electrons. The Kier molecular flexibility index (Phi) is 8.11. The number of para-hydroxylation sites is 2. The molecule has 0 fully saturated rings. The van der Waals surface area contributed by atoms with Gasteiger partial charge in [0.25, 0.3) is 0 Å². The first-order valence-electron chi connectivity index (χ1n) is 19.6. The maximum atomic E-state index is 6.22. The third kappa shape index (κ3) is 5.87. The summed E-state index contributed by atoms with van der Waals surface area (Å²) in [5.74, 6) is 0.983. The van der Waals surface area contributed by atoms with E-state index in [1.807, 2.05) is 12.1 Å². The van der Waals surface area contributed by atoms with Gasteiger partial charge in [0.15, 0.2) is 0 Å². The summed E-state index contributed by atoms with van der Waals surface area (Å²) in [6.07, 6.45) is 0. The molecule has 11 aromatic rings. The molecule has 4 nitrogen and oxygen atoms in total. The lowest BCUT2D eigenvalue weighted by atomic mass is 9.89. The Bertz CT molecular complexity index is 3270. The number of rotatable bonds is 7. The van der Waals surface area contributed by atoms with Gasteiger partial charge in [0, 0.05) is 27.6 Å². The van der Waals surface area contributed by atoms with Gasteiger partial charge in [0.2, 0.25) is 11.8 Å². The third-order valence-electron chi connectivity index (χ3n) is 11.2. The van der Waals surface area contributed by atoms with Crippen LogP contribution in [0, 0.1) is 0 Å². The second-order valence-electron chi connectivity index (χ2n) is 14.6. The van der Waals surface area contributed by atoms with Crippen molar-refractivity contribution in [2.45, 2.75) is 0 Å². The van der Waals surface area contributed by atoms with Crippen molar-refractivity contribution in [1.82, 2.24) is 14.8 Å². The smallest absolute Gasteiger partial charge is 0.248 e. The molecule has 0 spiro atoms. The maximum Gasteiger partial charge on any atom is 0.248 e. The van der Waals surface area contributed by atoms with E-state index in [2.05, 4.69) is 215 Å². The van der Waals surface area contributed by atoms with Crippen LogP contribution >= 0.6 is 0 Å². The lowest BCUT2D eigenvalue weighted by Crippen LogP contribution is -1.93. The third-order valence-corrected chi connectivity index (χ3v) is 11.2. The molecule has 0 radical (unpaired) electrons. The molecule has 0 unspecified atom stereocenters. The standard InChI is InChI=1S/C54H35N3O/c1-2-14-44(15-3-1)57-51-21-11-10-20-49(51)50-35-43(32-33-52(50)57)46-17-7-9-19-48(46)47-18-8-6-16-45(47)38-25-29-40(30-26-38)54-56-55-53(58-54)39-27-22-37(23-28-39)42-31-24-36-12-4-5-13-41(36)34-42/h1-35H. The van der Waals surface area contributed by atoms with Crippen LogP contribution < -0.4 is 0 Å². The molecule has 0 bridgehead atoms. The second kappa shape index (κ2) is 14.0. The van der Waals surface area contributed by atoms with Gasteiger partial charge in [-0.25, -0.2) is 0 Å². The predicted octanol–water partition coefficient (Wildman–Crippen LogP) is 14.3. The monoisotopic (exact) mass is 741 g/mol. The van der Waals surface area contributed by atoms with Crippen LogP contribution in [-0.4, -0.2) is 14.8 Å². The van der Waals surface area contributed by atoms with Crippen LogP contribution in [0.3, 0.4) is 0 Å². The minimum absolute atomic E-state index is 0.489. The van der Waals surface area contributed by atoms with Gasteiger partial charge in [-0.3, -0.25) is 0 Å². The van der Waals surface area contributed by atoms with Crippen LogP contribution in [0.1, 0.15) is 0 Å². The van der Waals surface area contributed by atoms with Crippen molar-refractivity contribution in [3.05, 3.63) is 212 Å². The zero-order valence-corrected chi connectivity index (χ0v) is 31.5. The number of fused-ring (bicyclic) bond motifs is 4. The lowest BCUT2D eigenvalue weighted by molar-refractivity contribution is 0.584. The van der Waals surface area contributed by atoms with Crippen molar-refractivity contribution in [2.75, 3.05) is 0 Å². The molecule has 2 heterocycles.